The van der Waals surface area contributed by atoms with Crippen LogP contribution in [-0.2, 0) is 4.79 Å². The van der Waals surface area contributed by atoms with Crippen molar-refractivity contribution in [3.63, 3.8) is 0 Å². The molecule has 0 unspecified atom stereocenters. The molecule has 0 bridgehead atoms. The number of benzene rings is 2. The lowest BCUT2D eigenvalue weighted by molar-refractivity contribution is -0.123. The fourth-order valence-corrected chi connectivity index (χ4v) is 3.56. The van der Waals surface area contributed by atoms with Gasteiger partial charge in [0.2, 0.25) is 5.88 Å². The zero-order valence-electron chi connectivity index (χ0n) is 19.6. The van der Waals surface area contributed by atoms with Gasteiger partial charge in [-0.25, -0.2) is 4.39 Å². The molecule has 0 saturated carbocycles. The van der Waals surface area contributed by atoms with Gasteiger partial charge in [-0.3, -0.25) is 4.79 Å². The van der Waals surface area contributed by atoms with Gasteiger partial charge >= 0.3 is 0 Å². The highest BCUT2D eigenvalue weighted by Crippen LogP contribution is 2.21. The first-order valence-electron chi connectivity index (χ1n) is 11.4. The molecule has 1 amide bonds. The molecule has 0 aliphatic carbocycles. The van der Waals surface area contributed by atoms with E-state index < -0.39 is 0 Å². The van der Waals surface area contributed by atoms with Gasteiger partial charge in [0.25, 0.3) is 5.91 Å². The van der Waals surface area contributed by atoms with Crippen LogP contribution in [0, 0.1) is 5.82 Å². The lowest BCUT2D eigenvalue weighted by Gasteiger charge is -2.21. The molecule has 4 rings (SSSR count). The van der Waals surface area contributed by atoms with Gasteiger partial charge in [0.1, 0.15) is 18.2 Å². The number of hydrogen-bond acceptors (Lipinski definition) is 7. The molecule has 0 spiro atoms. The third-order valence-corrected chi connectivity index (χ3v) is 5.31. The molecule has 182 valence electrons. The summed E-state index contributed by atoms with van der Waals surface area (Å²) in [4.78, 5) is 14.4. The van der Waals surface area contributed by atoms with E-state index >= 15 is 0 Å². The Balaban J connectivity index is 1.27. The molecule has 0 radical (unpaired) electrons. The van der Waals surface area contributed by atoms with Crippen molar-refractivity contribution in [2.24, 2.45) is 0 Å². The molecule has 9 nitrogen and oxygen atoms in total. The maximum atomic E-state index is 13.6. The molecular formula is C25H27FN6O3. The SMILES string of the molecule is CCN(CC)c1cccc(OCC(=O)NCCOc2ccc3nnc(-c4cccc(F)c4)n3n2)c1. The Morgan fingerprint density at radius 3 is 2.66 bits per heavy atom. The Morgan fingerprint density at radius 2 is 1.86 bits per heavy atom. The molecule has 0 aliphatic rings. The average Bonchev–Trinajstić information content (AvgIpc) is 3.30. The fraction of sp³-hybridized carbons (Fsp3) is 0.280. The predicted molar refractivity (Wildman–Crippen MR) is 130 cm³/mol. The molecule has 35 heavy (non-hydrogen) atoms. The summed E-state index contributed by atoms with van der Waals surface area (Å²) in [6, 6.07) is 17.1. The quantitative estimate of drug-likeness (QED) is 0.331. The van der Waals surface area contributed by atoms with Crippen molar-refractivity contribution in [1.29, 1.82) is 0 Å². The molecular weight excluding hydrogens is 451 g/mol. The second kappa shape index (κ2) is 11.3. The number of aromatic nitrogens is 4. The Morgan fingerprint density at radius 1 is 1.03 bits per heavy atom. The van der Waals surface area contributed by atoms with Crippen LogP contribution >= 0.6 is 0 Å². The monoisotopic (exact) mass is 478 g/mol. The minimum Gasteiger partial charge on any atom is -0.484 e. The summed E-state index contributed by atoms with van der Waals surface area (Å²) in [5.74, 6) is 0.746. The maximum absolute atomic E-state index is 13.6. The molecule has 2 heterocycles. The minimum absolute atomic E-state index is 0.0936. The maximum Gasteiger partial charge on any atom is 0.258 e. The highest BCUT2D eigenvalue weighted by Gasteiger charge is 2.11. The van der Waals surface area contributed by atoms with E-state index in [1.165, 1.54) is 16.6 Å². The van der Waals surface area contributed by atoms with Crippen molar-refractivity contribution in [2.75, 3.05) is 37.7 Å². The van der Waals surface area contributed by atoms with Crippen LogP contribution in [0.25, 0.3) is 17.0 Å². The van der Waals surface area contributed by atoms with Crippen molar-refractivity contribution in [1.82, 2.24) is 25.1 Å². The molecule has 0 aliphatic heterocycles. The van der Waals surface area contributed by atoms with Crippen LogP contribution in [0.2, 0.25) is 0 Å². The molecule has 2 aromatic heterocycles. The smallest absolute Gasteiger partial charge is 0.258 e. The zero-order chi connectivity index (χ0) is 24.6. The predicted octanol–water partition coefficient (Wildman–Crippen LogP) is 3.35. The number of carbonyl (C=O) groups excluding carboxylic acids is 1. The van der Waals surface area contributed by atoms with E-state index in [4.69, 9.17) is 9.47 Å². The first kappa shape index (κ1) is 23.9. The van der Waals surface area contributed by atoms with E-state index in [1.807, 2.05) is 24.3 Å². The second-order valence-electron chi connectivity index (χ2n) is 7.63. The zero-order valence-corrected chi connectivity index (χ0v) is 19.6. The Bertz CT molecular complexity index is 1290. The molecule has 0 saturated heterocycles. The number of hydrogen-bond donors (Lipinski definition) is 1. The van der Waals surface area contributed by atoms with E-state index in [0.717, 1.165) is 18.8 Å². The average molecular weight is 479 g/mol. The largest absolute Gasteiger partial charge is 0.484 e. The Kier molecular flexibility index (Phi) is 7.71. The van der Waals surface area contributed by atoms with Crippen molar-refractivity contribution >= 4 is 17.2 Å². The lowest BCUT2D eigenvalue weighted by Crippen LogP contribution is -2.32. The minimum atomic E-state index is -0.372. The van der Waals surface area contributed by atoms with Crippen LogP contribution < -0.4 is 19.7 Å². The number of fused-ring (bicyclic) bond motifs is 1. The Hall–Kier alpha value is -4.21. The van der Waals surface area contributed by atoms with Crippen molar-refractivity contribution in [2.45, 2.75) is 13.8 Å². The number of carbonyl (C=O) groups is 1. The number of anilines is 1. The van der Waals surface area contributed by atoms with Crippen LogP contribution in [0.5, 0.6) is 11.6 Å². The summed E-state index contributed by atoms with van der Waals surface area (Å²) in [5.41, 5.74) is 2.11. The summed E-state index contributed by atoms with van der Waals surface area (Å²) in [7, 11) is 0. The van der Waals surface area contributed by atoms with Crippen molar-refractivity contribution < 1.29 is 18.7 Å². The standard InChI is InChI=1S/C25H27FN6O3/c1-3-31(4-2)20-9-6-10-21(16-20)35-17-23(33)27-13-14-34-24-12-11-22-28-29-25(32(22)30-24)18-7-5-8-19(26)15-18/h5-12,15-16H,3-4,13-14,17H2,1-2H3,(H,27,33). The highest BCUT2D eigenvalue weighted by molar-refractivity contribution is 5.77. The van der Waals surface area contributed by atoms with Gasteiger partial charge in [0.15, 0.2) is 18.1 Å². The van der Waals surface area contributed by atoms with Gasteiger partial charge < -0.3 is 19.7 Å². The van der Waals surface area contributed by atoms with Crippen LogP contribution in [-0.4, -0.2) is 58.6 Å². The van der Waals surface area contributed by atoms with Crippen LogP contribution in [0.1, 0.15) is 13.8 Å². The first-order chi connectivity index (χ1) is 17.1. The van der Waals surface area contributed by atoms with Gasteiger partial charge in [0, 0.05) is 36.5 Å². The highest BCUT2D eigenvalue weighted by atomic mass is 19.1. The topological polar surface area (TPSA) is 93.9 Å². The van der Waals surface area contributed by atoms with Gasteiger partial charge in [-0.05, 0) is 44.2 Å². The lowest BCUT2D eigenvalue weighted by atomic mass is 10.2. The summed E-state index contributed by atoms with van der Waals surface area (Å²) in [6.07, 6.45) is 0. The number of rotatable bonds is 11. The summed E-state index contributed by atoms with van der Waals surface area (Å²) >= 11 is 0. The second-order valence-corrected chi connectivity index (χ2v) is 7.63. The van der Waals surface area contributed by atoms with E-state index in [-0.39, 0.29) is 31.5 Å². The number of amides is 1. The normalized spacial score (nSPS) is 10.8. The Labute approximate surface area is 202 Å². The van der Waals surface area contributed by atoms with E-state index in [0.29, 0.717) is 28.7 Å². The molecule has 2 aromatic carbocycles. The third kappa shape index (κ3) is 6.03. The molecule has 0 fully saturated rings. The van der Waals surface area contributed by atoms with Gasteiger partial charge in [0.05, 0.1) is 6.54 Å². The molecule has 10 heteroatoms. The van der Waals surface area contributed by atoms with E-state index in [1.54, 1.807) is 24.3 Å². The van der Waals surface area contributed by atoms with Gasteiger partial charge in [-0.2, -0.15) is 4.52 Å². The molecule has 0 atom stereocenters. The summed E-state index contributed by atoms with van der Waals surface area (Å²) in [6.45, 7) is 6.37. The van der Waals surface area contributed by atoms with Crippen molar-refractivity contribution in [3.05, 3.63) is 66.5 Å². The fourth-order valence-electron chi connectivity index (χ4n) is 3.56. The summed E-state index contributed by atoms with van der Waals surface area (Å²) in [5, 5.41) is 15.3. The number of halogens is 1. The van der Waals surface area contributed by atoms with E-state index in [9.17, 15) is 9.18 Å². The van der Waals surface area contributed by atoms with Gasteiger partial charge in [-0.15, -0.1) is 15.3 Å². The van der Waals surface area contributed by atoms with Gasteiger partial charge in [-0.1, -0.05) is 18.2 Å². The summed E-state index contributed by atoms with van der Waals surface area (Å²) < 4.78 is 26.4. The van der Waals surface area contributed by atoms with Crippen LogP contribution in [0.4, 0.5) is 10.1 Å². The van der Waals surface area contributed by atoms with Crippen LogP contribution in [0.15, 0.2) is 60.7 Å². The number of nitrogens with one attached hydrogen (secondary N) is 1. The van der Waals surface area contributed by atoms with Crippen LogP contribution in [0.3, 0.4) is 0 Å². The number of ether oxygens (including phenoxy) is 2. The third-order valence-electron chi connectivity index (χ3n) is 5.31. The van der Waals surface area contributed by atoms with E-state index in [2.05, 4.69) is 39.4 Å². The first-order valence-corrected chi connectivity index (χ1v) is 11.4. The molecule has 4 aromatic rings. The van der Waals surface area contributed by atoms with Crippen molar-refractivity contribution in [3.8, 4) is 23.0 Å². The molecule has 1 N–H and O–H groups in total. The number of nitrogens with zero attached hydrogens (tertiary/aromatic N) is 5.